The Labute approximate surface area is 128 Å². The van der Waals surface area contributed by atoms with Crippen LogP contribution in [0.15, 0.2) is 0 Å². The van der Waals surface area contributed by atoms with Gasteiger partial charge in [0, 0.05) is 4.83 Å². The Hall–Kier alpha value is 0.910. The monoisotopic (exact) mass is 402 g/mol. The average molecular weight is 404 g/mol. The second-order valence-electron chi connectivity index (χ2n) is 5.23. The summed E-state index contributed by atoms with van der Waals surface area (Å²) in [4.78, 5) is 0.125. The Morgan fingerprint density at radius 1 is 0.833 bits per heavy atom. The minimum absolute atomic E-state index is 0.0900. The Morgan fingerprint density at radius 2 is 1.28 bits per heavy atom. The molecule has 0 radical (unpaired) electrons. The third-order valence-electron chi connectivity index (χ3n) is 3.74. The van der Waals surface area contributed by atoms with Crippen LogP contribution in [0.5, 0.6) is 0 Å². The number of sulfone groups is 1. The molecule has 1 saturated carbocycles. The van der Waals surface area contributed by atoms with Crippen LogP contribution in [0.2, 0.25) is 0 Å². The summed E-state index contributed by atoms with van der Waals surface area (Å²) in [7, 11) is -2.99. The van der Waals surface area contributed by atoms with Gasteiger partial charge in [0.2, 0.25) is 0 Å². The van der Waals surface area contributed by atoms with Crippen LogP contribution >= 0.6 is 31.9 Å². The maximum atomic E-state index is 12.1. The van der Waals surface area contributed by atoms with Gasteiger partial charge in [0.25, 0.3) is 0 Å². The number of hydrogen-bond donors (Lipinski definition) is 0. The van der Waals surface area contributed by atoms with E-state index in [1.807, 2.05) is 0 Å². The van der Waals surface area contributed by atoms with Crippen LogP contribution < -0.4 is 0 Å². The number of hydrogen-bond acceptors (Lipinski definition) is 2. The molecular weight excluding hydrogens is 380 g/mol. The van der Waals surface area contributed by atoms with Crippen LogP contribution in [-0.4, -0.2) is 23.2 Å². The molecule has 5 heteroatoms. The third kappa shape index (κ3) is 5.91. The molecule has 0 heterocycles. The molecule has 1 rings (SSSR count). The minimum atomic E-state index is -2.99. The highest BCUT2D eigenvalue weighted by Gasteiger charge is 2.30. The normalized spacial score (nSPS) is 29.2. The van der Waals surface area contributed by atoms with E-state index in [-0.39, 0.29) is 14.7 Å². The Balaban J connectivity index is 2.63. The first-order chi connectivity index (χ1) is 8.58. The van der Waals surface area contributed by atoms with E-state index in [4.69, 9.17) is 0 Å². The largest absolute Gasteiger partial charge is 0.228 e. The second kappa shape index (κ2) is 8.96. The first-order valence-electron chi connectivity index (χ1n) is 6.99. The molecule has 1 aliphatic rings. The lowest BCUT2D eigenvalue weighted by Crippen LogP contribution is -2.31. The molecule has 18 heavy (non-hydrogen) atoms. The van der Waals surface area contributed by atoms with Crippen molar-refractivity contribution in [2.45, 2.75) is 74.3 Å². The lowest BCUT2D eigenvalue weighted by Gasteiger charge is -2.22. The Morgan fingerprint density at radius 3 is 1.78 bits per heavy atom. The highest BCUT2D eigenvalue weighted by molar-refractivity contribution is 9.11. The van der Waals surface area contributed by atoms with Gasteiger partial charge in [-0.3, -0.25) is 0 Å². The summed E-state index contributed by atoms with van der Waals surface area (Å²) in [6.07, 6.45) is 11.6. The van der Waals surface area contributed by atoms with E-state index in [1.165, 1.54) is 38.5 Å². The van der Waals surface area contributed by atoms with Gasteiger partial charge in [0.05, 0.1) is 5.25 Å². The van der Waals surface area contributed by atoms with E-state index in [1.54, 1.807) is 0 Å². The van der Waals surface area contributed by atoms with Crippen molar-refractivity contribution in [2.75, 3.05) is 4.66 Å². The van der Waals surface area contributed by atoms with Crippen LogP contribution in [0, 0.1) is 0 Å². The van der Waals surface area contributed by atoms with Gasteiger partial charge in [-0.2, -0.15) is 0 Å². The van der Waals surface area contributed by atoms with E-state index in [0.717, 1.165) is 25.7 Å². The fourth-order valence-electron chi connectivity index (χ4n) is 2.60. The fourth-order valence-corrected chi connectivity index (χ4v) is 6.46. The zero-order valence-electron chi connectivity index (χ0n) is 10.9. The molecule has 0 aliphatic heterocycles. The molecular formula is C13H24Br2O2S. The summed E-state index contributed by atoms with van der Waals surface area (Å²) in [5.41, 5.74) is 0. The first kappa shape index (κ1) is 17.0. The lowest BCUT2D eigenvalue weighted by atomic mass is 10.0. The second-order valence-corrected chi connectivity index (χ2v) is 9.93. The molecule has 2 atom stereocenters. The zero-order valence-corrected chi connectivity index (χ0v) is 14.9. The lowest BCUT2D eigenvalue weighted by molar-refractivity contribution is 0.501. The molecule has 0 spiro atoms. The van der Waals surface area contributed by atoms with Crippen molar-refractivity contribution in [3.63, 3.8) is 0 Å². The molecule has 2 nitrogen and oxygen atoms in total. The van der Waals surface area contributed by atoms with Gasteiger partial charge < -0.3 is 0 Å². The number of alkyl halides is 2. The molecule has 0 bridgehead atoms. The van der Waals surface area contributed by atoms with Gasteiger partial charge in [-0.05, 0) is 12.8 Å². The average Bonchev–Trinajstić information content (AvgIpc) is 2.33. The maximum Gasteiger partial charge on any atom is 0.164 e. The highest BCUT2D eigenvalue weighted by Crippen LogP contribution is 2.27. The van der Waals surface area contributed by atoms with Gasteiger partial charge in [0.1, 0.15) is 4.66 Å². The molecule has 0 aromatic heterocycles. The summed E-state index contributed by atoms with van der Waals surface area (Å²) >= 11 is 6.75. The SMILES string of the molecule is O=S(=O)(CBr)C1CCCCCCCCCCC1Br. The molecule has 0 N–H and O–H groups in total. The molecule has 0 aromatic carbocycles. The summed E-state index contributed by atoms with van der Waals surface area (Å²) in [6.45, 7) is 0. The summed E-state index contributed by atoms with van der Waals surface area (Å²) in [6, 6.07) is 0. The van der Waals surface area contributed by atoms with Gasteiger partial charge in [-0.1, -0.05) is 83.2 Å². The maximum absolute atomic E-state index is 12.1. The topological polar surface area (TPSA) is 34.1 Å². The van der Waals surface area contributed by atoms with E-state index >= 15 is 0 Å². The van der Waals surface area contributed by atoms with Crippen LogP contribution in [0.25, 0.3) is 0 Å². The van der Waals surface area contributed by atoms with Crippen molar-refractivity contribution in [1.29, 1.82) is 0 Å². The van der Waals surface area contributed by atoms with Crippen molar-refractivity contribution in [3.8, 4) is 0 Å². The van der Waals surface area contributed by atoms with E-state index in [2.05, 4.69) is 31.9 Å². The Kier molecular flexibility index (Phi) is 8.44. The predicted octanol–water partition coefficient (Wildman–Crippen LogP) is 4.80. The van der Waals surface area contributed by atoms with Crippen molar-refractivity contribution in [1.82, 2.24) is 0 Å². The predicted molar refractivity (Wildman–Crippen MR) is 85.4 cm³/mol. The highest BCUT2D eigenvalue weighted by atomic mass is 79.9. The third-order valence-corrected chi connectivity index (χ3v) is 8.89. The van der Waals surface area contributed by atoms with Crippen LogP contribution in [0.1, 0.15) is 64.2 Å². The summed E-state index contributed by atoms with van der Waals surface area (Å²) < 4.78 is 24.3. The molecule has 108 valence electrons. The van der Waals surface area contributed by atoms with Crippen molar-refractivity contribution in [3.05, 3.63) is 0 Å². The van der Waals surface area contributed by atoms with Gasteiger partial charge in [-0.25, -0.2) is 8.42 Å². The summed E-state index contributed by atoms with van der Waals surface area (Å²) in [5, 5.41) is -0.212. The van der Waals surface area contributed by atoms with E-state index < -0.39 is 9.84 Å². The zero-order chi connectivity index (χ0) is 13.4. The van der Waals surface area contributed by atoms with Gasteiger partial charge in [0.15, 0.2) is 9.84 Å². The molecule has 1 aliphatic carbocycles. The molecule has 1 fully saturated rings. The standard InChI is InChI=1S/C13H24Br2O2S/c14-11-18(16,17)13-10-8-6-4-2-1-3-5-7-9-12(13)15/h12-13H,1-11H2. The smallest absolute Gasteiger partial charge is 0.164 e. The van der Waals surface area contributed by atoms with Crippen molar-refractivity contribution >= 4 is 41.7 Å². The van der Waals surface area contributed by atoms with Crippen molar-refractivity contribution < 1.29 is 8.42 Å². The quantitative estimate of drug-likeness (QED) is 0.620. The molecule has 0 amide bonds. The molecule has 2 unspecified atom stereocenters. The van der Waals surface area contributed by atoms with E-state index in [9.17, 15) is 8.42 Å². The van der Waals surface area contributed by atoms with Crippen LogP contribution in [0.4, 0.5) is 0 Å². The van der Waals surface area contributed by atoms with Gasteiger partial charge >= 0.3 is 0 Å². The molecule has 0 saturated heterocycles. The minimum Gasteiger partial charge on any atom is -0.228 e. The van der Waals surface area contributed by atoms with Crippen molar-refractivity contribution in [2.24, 2.45) is 0 Å². The van der Waals surface area contributed by atoms with Crippen LogP contribution in [0.3, 0.4) is 0 Å². The summed E-state index contributed by atoms with van der Waals surface area (Å²) in [5.74, 6) is 0. The van der Waals surface area contributed by atoms with Gasteiger partial charge in [-0.15, -0.1) is 0 Å². The fraction of sp³-hybridized carbons (Fsp3) is 1.00. The Bertz CT molecular complexity index is 317. The number of halogens is 2. The molecule has 0 aromatic rings. The van der Waals surface area contributed by atoms with E-state index in [0.29, 0.717) is 0 Å². The number of rotatable bonds is 2. The van der Waals surface area contributed by atoms with Crippen LogP contribution in [-0.2, 0) is 9.84 Å². The first-order valence-corrected chi connectivity index (χ1v) is 10.7.